The number of methoxy groups -OCH3 is 1. The zero-order valence-electron chi connectivity index (χ0n) is 16.3. The van der Waals surface area contributed by atoms with Gasteiger partial charge in [-0.2, -0.15) is 0 Å². The molecule has 7 heteroatoms. The highest BCUT2D eigenvalue weighted by Crippen LogP contribution is 2.45. The van der Waals surface area contributed by atoms with Crippen LogP contribution >= 0.6 is 0 Å². The fourth-order valence-electron chi connectivity index (χ4n) is 4.76. The summed E-state index contributed by atoms with van der Waals surface area (Å²) in [7, 11) is 1.50. The molecule has 0 bridgehead atoms. The van der Waals surface area contributed by atoms with Crippen LogP contribution in [-0.4, -0.2) is 64.7 Å². The average molecular weight is 388 g/mol. The first kappa shape index (κ1) is 19.1. The lowest BCUT2D eigenvalue weighted by Gasteiger charge is -2.39. The first-order chi connectivity index (χ1) is 13.4. The van der Waals surface area contributed by atoms with E-state index in [9.17, 15) is 19.8 Å². The van der Waals surface area contributed by atoms with Gasteiger partial charge in [0.15, 0.2) is 11.5 Å². The average Bonchev–Trinajstić information content (AvgIpc) is 3.47. The molecule has 1 aliphatic carbocycles. The van der Waals surface area contributed by atoms with Crippen LogP contribution in [0.25, 0.3) is 0 Å². The van der Waals surface area contributed by atoms with Crippen LogP contribution in [-0.2, 0) is 16.1 Å². The first-order valence-corrected chi connectivity index (χ1v) is 10.0. The molecule has 3 aliphatic rings. The molecule has 28 heavy (non-hydrogen) atoms. The second-order valence-corrected chi connectivity index (χ2v) is 8.57. The summed E-state index contributed by atoms with van der Waals surface area (Å²) in [6.45, 7) is 2.70. The molecule has 1 unspecified atom stereocenters. The van der Waals surface area contributed by atoms with Gasteiger partial charge in [0.05, 0.1) is 7.11 Å². The SMILES string of the molecule is COc1cc(CN2CC3(CCN(C(=O)C4CC4)CC3)CC2C(=O)O)ccc1O. The summed E-state index contributed by atoms with van der Waals surface area (Å²) in [6.07, 6.45) is 4.40. The summed E-state index contributed by atoms with van der Waals surface area (Å²) >= 11 is 0. The Morgan fingerprint density at radius 2 is 1.96 bits per heavy atom. The lowest BCUT2D eigenvalue weighted by Crippen LogP contribution is -2.44. The van der Waals surface area contributed by atoms with Gasteiger partial charge in [0.25, 0.3) is 0 Å². The number of hydrogen-bond acceptors (Lipinski definition) is 5. The number of carbonyl (C=O) groups is 2. The number of amides is 1. The maximum Gasteiger partial charge on any atom is 0.320 e. The fourth-order valence-corrected chi connectivity index (χ4v) is 4.76. The zero-order chi connectivity index (χ0) is 19.9. The molecule has 152 valence electrons. The van der Waals surface area contributed by atoms with E-state index in [1.54, 1.807) is 18.2 Å². The third-order valence-corrected chi connectivity index (χ3v) is 6.58. The Labute approximate surface area is 164 Å². The van der Waals surface area contributed by atoms with E-state index < -0.39 is 12.0 Å². The number of ether oxygens (including phenoxy) is 1. The van der Waals surface area contributed by atoms with E-state index in [2.05, 4.69) is 0 Å². The summed E-state index contributed by atoms with van der Waals surface area (Å²) in [4.78, 5) is 28.2. The van der Waals surface area contributed by atoms with E-state index in [-0.39, 0.29) is 23.0 Å². The molecule has 1 saturated carbocycles. The van der Waals surface area contributed by atoms with Crippen molar-refractivity contribution in [2.24, 2.45) is 11.3 Å². The minimum atomic E-state index is -0.792. The molecule has 1 amide bonds. The third kappa shape index (κ3) is 3.68. The third-order valence-electron chi connectivity index (χ3n) is 6.58. The van der Waals surface area contributed by atoms with Crippen LogP contribution in [0.5, 0.6) is 11.5 Å². The van der Waals surface area contributed by atoms with Crippen molar-refractivity contribution in [1.82, 2.24) is 9.80 Å². The number of likely N-dealkylation sites (tertiary alicyclic amines) is 2. The van der Waals surface area contributed by atoms with E-state index in [1.807, 2.05) is 9.80 Å². The van der Waals surface area contributed by atoms with Gasteiger partial charge in [-0.05, 0) is 55.2 Å². The molecule has 1 aromatic rings. The van der Waals surface area contributed by atoms with Crippen LogP contribution in [0.15, 0.2) is 18.2 Å². The van der Waals surface area contributed by atoms with Gasteiger partial charge in [0.1, 0.15) is 6.04 Å². The number of carbonyl (C=O) groups excluding carboxylic acids is 1. The van der Waals surface area contributed by atoms with Gasteiger partial charge in [-0.15, -0.1) is 0 Å². The Hall–Kier alpha value is -2.28. The monoisotopic (exact) mass is 388 g/mol. The molecular formula is C21H28N2O5. The zero-order valence-corrected chi connectivity index (χ0v) is 16.3. The Balaban J connectivity index is 1.45. The minimum absolute atomic E-state index is 0.0373. The molecule has 4 rings (SSSR count). The molecule has 1 spiro atoms. The van der Waals surface area contributed by atoms with Crippen molar-refractivity contribution in [3.8, 4) is 11.5 Å². The number of phenolic OH excluding ortho intramolecular Hbond substituents is 1. The van der Waals surface area contributed by atoms with Crippen molar-refractivity contribution in [3.05, 3.63) is 23.8 Å². The Kier molecular flexibility index (Phi) is 4.95. The maximum atomic E-state index is 12.3. The lowest BCUT2D eigenvalue weighted by atomic mass is 9.76. The number of carboxylic acid groups (broad SMARTS) is 1. The number of piperidine rings is 1. The number of rotatable bonds is 5. The van der Waals surface area contributed by atoms with E-state index in [0.29, 0.717) is 18.7 Å². The molecule has 1 atom stereocenters. The predicted octanol–water partition coefficient (Wildman–Crippen LogP) is 2.08. The van der Waals surface area contributed by atoms with Gasteiger partial charge >= 0.3 is 5.97 Å². The van der Waals surface area contributed by atoms with E-state index in [1.165, 1.54) is 7.11 Å². The van der Waals surface area contributed by atoms with Gasteiger partial charge in [-0.3, -0.25) is 14.5 Å². The molecule has 0 aromatic heterocycles. The molecular weight excluding hydrogens is 360 g/mol. The van der Waals surface area contributed by atoms with Gasteiger partial charge < -0.3 is 19.8 Å². The van der Waals surface area contributed by atoms with Crippen molar-refractivity contribution < 1.29 is 24.5 Å². The summed E-state index contributed by atoms with van der Waals surface area (Å²) in [5.74, 6) is 0.206. The van der Waals surface area contributed by atoms with Crippen LogP contribution in [0.4, 0.5) is 0 Å². The van der Waals surface area contributed by atoms with Crippen molar-refractivity contribution in [2.75, 3.05) is 26.7 Å². The van der Waals surface area contributed by atoms with Crippen LogP contribution in [0.1, 0.15) is 37.7 Å². The summed E-state index contributed by atoms with van der Waals surface area (Å²) in [5.41, 5.74) is 0.879. The molecule has 2 heterocycles. The van der Waals surface area contributed by atoms with Crippen molar-refractivity contribution in [1.29, 1.82) is 0 Å². The highest BCUT2D eigenvalue weighted by molar-refractivity contribution is 5.81. The topological polar surface area (TPSA) is 90.3 Å². The Morgan fingerprint density at radius 3 is 2.57 bits per heavy atom. The fraction of sp³-hybridized carbons (Fsp3) is 0.619. The highest BCUT2D eigenvalue weighted by atomic mass is 16.5. The van der Waals surface area contributed by atoms with Crippen molar-refractivity contribution in [3.63, 3.8) is 0 Å². The van der Waals surface area contributed by atoms with Gasteiger partial charge in [0.2, 0.25) is 5.91 Å². The molecule has 2 saturated heterocycles. The second-order valence-electron chi connectivity index (χ2n) is 8.57. The van der Waals surface area contributed by atoms with E-state index >= 15 is 0 Å². The molecule has 3 fully saturated rings. The summed E-state index contributed by atoms with van der Waals surface area (Å²) in [5, 5.41) is 19.6. The Morgan fingerprint density at radius 1 is 1.25 bits per heavy atom. The van der Waals surface area contributed by atoms with Crippen LogP contribution in [0, 0.1) is 11.3 Å². The predicted molar refractivity (Wildman–Crippen MR) is 102 cm³/mol. The molecule has 0 radical (unpaired) electrons. The van der Waals surface area contributed by atoms with Gasteiger partial charge in [0, 0.05) is 32.1 Å². The van der Waals surface area contributed by atoms with Crippen molar-refractivity contribution >= 4 is 11.9 Å². The highest BCUT2D eigenvalue weighted by Gasteiger charge is 2.49. The number of carboxylic acids is 1. The van der Waals surface area contributed by atoms with Gasteiger partial charge in [-0.25, -0.2) is 0 Å². The maximum absolute atomic E-state index is 12.3. The van der Waals surface area contributed by atoms with Crippen LogP contribution < -0.4 is 4.74 Å². The first-order valence-electron chi connectivity index (χ1n) is 10.0. The molecule has 7 nitrogen and oxygen atoms in total. The van der Waals surface area contributed by atoms with Crippen molar-refractivity contribution in [2.45, 2.75) is 44.7 Å². The summed E-state index contributed by atoms with van der Waals surface area (Å²) < 4.78 is 5.17. The van der Waals surface area contributed by atoms with Crippen LogP contribution in [0.3, 0.4) is 0 Å². The number of aromatic hydroxyl groups is 1. The number of benzene rings is 1. The normalized spacial score (nSPS) is 24.5. The second kappa shape index (κ2) is 7.28. The van der Waals surface area contributed by atoms with E-state index in [0.717, 1.165) is 50.9 Å². The number of aliphatic carboxylic acids is 1. The quantitative estimate of drug-likeness (QED) is 0.803. The molecule has 2 N–H and O–H groups in total. The molecule has 1 aromatic carbocycles. The lowest BCUT2D eigenvalue weighted by molar-refractivity contribution is -0.142. The minimum Gasteiger partial charge on any atom is -0.504 e. The smallest absolute Gasteiger partial charge is 0.320 e. The number of hydrogen-bond donors (Lipinski definition) is 2. The number of phenols is 1. The standard InChI is InChI=1S/C21H28N2O5/c1-28-18-10-14(2-5-17(18)24)12-23-13-21(11-16(23)20(26)27)6-8-22(9-7-21)19(25)15-3-4-15/h2,5,10,15-16,24H,3-4,6-9,11-13H2,1H3,(H,26,27). The van der Waals surface area contributed by atoms with Gasteiger partial charge in [-0.1, -0.05) is 6.07 Å². The largest absolute Gasteiger partial charge is 0.504 e. The molecule has 2 aliphatic heterocycles. The van der Waals surface area contributed by atoms with Crippen LogP contribution in [0.2, 0.25) is 0 Å². The summed E-state index contributed by atoms with van der Waals surface area (Å²) in [6, 6.07) is 4.62. The Bertz CT molecular complexity index is 768. The van der Waals surface area contributed by atoms with E-state index in [4.69, 9.17) is 4.74 Å². The number of nitrogens with zero attached hydrogens (tertiary/aromatic N) is 2.